The third-order valence-electron chi connectivity index (χ3n) is 1.33. The molecule has 0 fully saturated rings. The van der Waals surface area contributed by atoms with Gasteiger partial charge in [-0.1, -0.05) is 0 Å². The van der Waals surface area contributed by atoms with Crippen molar-refractivity contribution in [2.75, 3.05) is 0 Å². The van der Waals surface area contributed by atoms with Crippen molar-refractivity contribution in [3.05, 3.63) is 16.6 Å². The molecule has 1 rings (SSSR count). The maximum Gasteiger partial charge on any atom is 0.0794 e. The quantitative estimate of drug-likeness (QED) is 0.719. The molecule has 0 aromatic carbocycles. The van der Waals surface area contributed by atoms with E-state index in [2.05, 4.69) is 4.98 Å². The van der Waals surface area contributed by atoms with E-state index in [1.54, 1.807) is 11.3 Å². The number of nitrogens with zero attached hydrogens (tertiary/aromatic N) is 1. The summed E-state index contributed by atoms with van der Waals surface area (Å²) in [5.74, 6) is 0. The van der Waals surface area contributed by atoms with Gasteiger partial charge in [-0.2, -0.15) is 0 Å². The van der Waals surface area contributed by atoms with E-state index in [0.717, 1.165) is 12.8 Å². The van der Waals surface area contributed by atoms with Crippen molar-refractivity contribution in [3.63, 3.8) is 0 Å². The largest absolute Gasteiger partial charge is 0.328 e. The van der Waals surface area contributed by atoms with Gasteiger partial charge in [0.15, 0.2) is 0 Å². The van der Waals surface area contributed by atoms with E-state index in [1.807, 2.05) is 18.6 Å². The Morgan fingerprint density at radius 3 is 3.10 bits per heavy atom. The van der Waals surface area contributed by atoms with Crippen molar-refractivity contribution in [2.24, 2.45) is 5.73 Å². The zero-order valence-corrected chi connectivity index (χ0v) is 6.90. The minimum Gasteiger partial charge on any atom is -0.328 e. The van der Waals surface area contributed by atoms with Crippen LogP contribution in [-0.2, 0) is 6.42 Å². The first kappa shape index (κ1) is 7.69. The van der Waals surface area contributed by atoms with E-state index >= 15 is 0 Å². The zero-order chi connectivity index (χ0) is 7.40. The fraction of sp³-hybridized carbons (Fsp3) is 0.571. The third kappa shape index (κ3) is 2.45. The number of nitrogens with two attached hydrogens (primary N) is 1. The molecule has 0 saturated heterocycles. The van der Waals surface area contributed by atoms with Gasteiger partial charge in [0.1, 0.15) is 0 Å². The molecule has 0 amide bonds. The molecular formula is C7H12N2S. The topological polar surface area (TPSA) is 38.9 Å². The maximum atomic E-state index is 5.59. The second-order valence-corrected chi connectivity index (χ2v) is 3.45. The third-order valence-corrected chi connectivity index (χ3v) is 2.17. The minimum atomic E-state index is 0.307. The van der Waals surface area contributed by atoms with Gasteiger partial charge in [0, 0.05) is 17.1 Å². The number of hydrogen-bond donors (Lipinski definition) is 1. The maximum absolute atomic E-state index is 5.59. The predicted molar refractivity (Wildman–Crippen MR) is 44.1 cm³/mol. The summed E-state index contributed by atoms with van der Waals surface area (Å²) in [6.45, 7) is 2.03. The molecule has 56 valence electrons. The number of thiazole rings is 1. The van der Waals surface area contributed by atoms with E-state index in [4.69, 9.17) is 5.73 Å². The lowest BCUT2D eigenvalue weighted by molar-refractivity contribution is 0.670. The van der Waals surface area contributed by atoms with Crippen LogP contribution in [-0.4, -0.2) is 11.0 Å². The van der Waals surface area contributed by atoms with Crippen molar-refractivity contribution in [3.8, 4) is 0 Å². The molecular weight excluding hydrogens is 144 g/mol. The molecule has 0 radical (unpaired) electrons. The summed E-state index contributed by atoms with van der Waals surface area (Å²) in [7, 11) is 0. The second kappa shape index (κ2) is 3.68. The van der Waals surface area contributed by atoms with E-state index in [1.165, 1.54) is 4.88 Å². The molecule has 2 nitrogen and oxygen atoms in total. The average Bonchev–Trinajstić information content (AvgIpc) is 2.34. The molecule has 0 aliphatic heterocycles. The van der Waals surface area contributed by atoms with E-state index in [9.17, 15) is 0 Å². The van der Waals surface area contributed by atoms with Crippen LogP contribution in [0.15, 0.2) is 11.7 Å². The fourth-order valence-electron chi connectivity index (χ4n) is 0.736. The van der Waals surface area contributed by atoms with Gasteiger partial charge in [-0.25, -0.2) is 0 Å². The van der Waals surface area contributed by atoms with Crippen molar-refractivity contribution in [1.29, 1.82) is 0 Å². The smallest absolute Gasteiger partial charge is 0.0794 e. The Morgan fingerprint density at radius 1 is 1.80 bits per heavy atom. The first-order chi connectivity index (χ1) is 4.79. The predicted octanol–water partition coefficient (Wildman–Crippen LogP) is 1.42. The highest BCUT2D eigenvalue weighted by atomic mass is 32.1. The number of aromatic nitrogens is 1. The van der Waals surface area contributed by atoms with Gasteiger partial charge in [-0.05, 0) is 19.8 Å². The van der Waals surface area contributed by atoms with E-state index < -0.39 is 0 Å². The molecule has 0 saturated carbocycles. The van der Waals surface area contributed by atoms with Crippen LogP contribution >= 0.6 is 11.3 Å². The summed E-state index contributed by atoms with van der Waals surface area (Å²) < 4.78 is 0. The van der Waals surface area contributed by atoms with Gasteiger partial charge in [0.25, 0.3) is 0 Å². The van der Waals surface area contributed by atoms with Gasteiger partial charge in [-0.15, -0.1) is 11.3 Å². The summed E-state index contributed by atoms with van der Waals surface area (Å²) in [6.07, 6.45) is 4.04. The molecule has 2 N–H and O–H groups in total. The molecule has 0 aliphatic rings. The molecule has 1 heterocycles. The minimum absolute atomic E-state index is 0.307. The van der Waals surface area contributed by atoms with Crippen molar-refractivity contribution in [1.82, 2.24) is 4.98 Å². The highest BCUT2D eigenvalue weighted by Crippen LogP contribution is 2.08. The Kier molecular flexibility index (Phi) is 2.83. The fourth-order valence-corrected chi connectivity index (χ4v) is 1.35. The summed E-state index contributed by atoms with van der Waals surface area (Å²) in [5.41, 5.74) is 7.45. The normalized spacial score (nSPS) is 13.4. The zero-order valence-electron chi connectivity index (χ0n) is 6.08. The Hall–Kier alpha value is -0.410. The van der Waals surface area contributed by atoms with Gasteiger partial charge in [0.05, 0.1) is 5.51 Å². The van der Waals surface area contributed by atoms with Gasteiger partial charge >= 0.3 is 0 Å². The Labute approximate surface area is 65.1 Å². The van der Waals surface area contributed by atoms with Gasteiger partial charge in [-0.3, -0.25) is 4.98 Å². The number of aryl methyl sites for hydroxylation is 1. The van der Waals surface area contributed by atoms with E-state index in [0.29, 0.717) is 6.04 Å². The molecule has 0 aliphatic carbocycles. The monoisotopic (exact) mass is 156 g/mol. The second-order valence-electron chi connectivity index (χ2n) is 2.48. The molecule has 0 unspecified atom stereocenters. The van der Waals surface area contributed by atoms with Crippen molar-refractivity contribution in [2.45, 2.75) is 25.8 Å². The molecule has 1 aromatic rings. The molecule has 0 spiro atoms. The Morgan fingerprint density at radius 2 is 2.60 bits per heavy atom. The van der Waals surface area contributed by atoms with E-state index in [-0.39, 0.29) is 0 Å². The highest BCUT2D eigenvalue weighted by Gasteiger charge is 1.96. The standard InChI is InChI=1S/C7H12N2S/c1-6(8)2-3-7-4-9-5-10-7/h4-6H,2-3,8H2,1H3/t6-/m0/s1. The first-order valence-electron chi connectivity index (χ1n) is 3.42. The molecule has 3 heteroatoms. The lowest BCUT2D eigenvalue weighted by Crippen LogP contribution is -2.14. The van der Waals surface area contributed by atoms with Crippen LogP contribution in [0.2, 0.25) is 0 Å². The van der Waals surface area contributed by atoms with Gasteiger partial charge in [0.2, 0.25) is 0 Å². The summed E-state index contributed by atoms with van der Waals surface area (Å²) >= 11 is 1.70. The first-order valence-corrected chi connectivity index (χ1v) is 4.30. The molecule has 10 heavy (non-hydrogen) atoms. The lowest BCUT2D eigenvalue weighted by Gasteiger charge is -2.00. The highest BCUT2D eigenvalue weighted by molar-refractivity contribution is 7.09. The summed E-state index contributed by atoms with van der Waals surface area (Å²) in [6, 6.07) is 0.307. The average molecular weight is 156 g/mol. The summed E-state index contributed by atoms with van der Waals surface area (Å²) in [5, 5.41) is 0. The lowest BCUT2D eigenvalue weighted by atomic mass is 10.2. The number of hydrogen-bond acceptors (Lipinski definition) is 3. The van der Waals surface area contributed by atoms with Crippen LogP contribution in [0.1, 0.15) is 18.2 Å². The van der Waals surface area contributed by atoms with Crippen LogP contribution in [0.5, 0.6) is 0 Å². The Balaban J connectivity index is 2.28. The van der Waals surface area contributed by atoms with Gasteiger partial charge < -0.3 is 5.73 Å². The molecule has 1 aromatic heterocycles. The van der Waals surface area contributed by atoms with Crippen molar-refractivity contribution < 1.29 is 0 Å². The molecule has 0 bridgehead atoms. The molecule has 1 atom stereocenters. The van der Waals surface area contributed by atoms with Crippen LogP contribution in [0.3, 0.4) is 0 Å². The Bertz CT molecular complexity index is 170. The summed E-state index contributed by atoms with van der Waals surface area (Å²) in [4.78, 5) is 5.31. The van der Waals surface area contributed by atoms with Crippen LogP contribution in [0.25, 0.3) is 0 Å². The van der Waals surface area contributed by atoms with Crippen molar-refractivity contribution >= 4 is 11.3 Å². The number of rotatable bonds is 3. The SMILES string of the molecule is C[C@H](N)CCc1cncs1. The van der Waals surface area contributed by atoms with Crippen LogP contribution in [0.4, 0.5) is 0 Å². The van der Waals surface area contributed by atoms with Crippen LogP contribution < -0.4 is 5.73 Å². The van der Waals surface area contributed by atoms with Crippen LogP contribution in [0, 0.1) is 0 Å².